The van der Waals surface area contributed by atoms with Crippen LogP contribution in [-0.4, -0.2) is 23.2 Å². The molecular weight excluding hydrogens is 192 g/mol. The topological polar surface area (TPSA) is 58.3 Å². The maximum absolute atomic E-state index is 8.61. The molecule has 0 fully saturated rings. The Morgan fingerprint density at radius 3 is 2.87 bits per heavy atom. The van der Waals surface area contributed by atoms with Crippen molar-refractivity contribution in [2.75, 3.05) is 13.2 Å². The third-order valence-electron chi connectivity index (χ3n) is 2.29. The highest BCUT2D eigenvalue weighted by Crippen LogP contribution is 2.11. The number of nitrogens with zero attached hydrogens (tertiary/aromatic N) is 1. The second-order valence-electron chi connectivity index (χ2n) is 3.77. The maximum Gasteiger partial charge on any atom is 0.211 e. The minimum absolute atomic E-state index is 0.160. The molecule has 0 saturated heterocycles. The molecule has 0 spiro atoms. The largest absolute Gasteiger partial charge is 0.444 e. The van der Waals surface area contributed by atoms with Crippen LogP contribution in [0.5, 0.6) is 0 Å². The fourth-order valence-electron chi connectivity index (χ4n) is 1.39. The van der Waals surface area contributed by atoms with Crippen molar-refractivity contribution in [3.8, 4) is 0 Å². The van der Waals surface area contributed by atoms with E-state index < -0.39 is 0 Å². The number of oxazole rings is 1. The Kier molecular flexibility index (Phi) is 5.36. The van der Waals surface area contributed by atoms with Crippen molar-refractivity contribution in [1.82, 2.24) is 10.3 Å². The first-order chi connectivity index (χ1) is 7.24. The van der Waals surface area contributed by atoms with Crippen LogP contribution in [0.2, 0.25) is 0 Å². The number of rotatable bonds is 7. The Balaban J connectivity index is 2.16. The lowest BCUT2D eigenvalue weighted by atomic mass is 10.2. The first-order valence-corrected chi connectivity index (χ1v) is 5.50. The highest BCUT2D eigenvalue weighted by Gasteiger charge is 2.09. The molecule has 86 valence electrons. The Hall–Kier alpha value is -0.870. The first-order valence-electron chi connectivity index (χ1n) is 5.50. The second-order valence-corrected chi connectivity index (χ2v) is 3.77. The van der Waals surface area contributed by atoms with Crippen molar-refractivity contribution in [3.05, 3.63) is 17.8 Å². The summed E-state index contributed by atoms with van der Waals surface area (Å²) in [5.41, 5.74) is 0. The van der Waals surface area contributed by atoms with Gasteiger partial charge in [-0.3, -0.25) is 0 Å². The highest BCUT2D eigenvalue weighted by atomic mass is 16.4. The minimum Gasteiger partial charge on any atom is -0.444 e. The zero-order chi connectivity index (χ0) is 11.1. The van der Waals surface area contributed by atoms with Gasteiger partial charge >= 0.3 is 0 Å². The molecule has 4 heteroatoms. The lowest BCUT2D eigenvalue weighted by molar-refractivity contribution is 0.282. The van der Waals surface area contributed by atoms with Gasteiger partial charge in [0.1, 0.15) is 5.76 Å². The van der Waals surface area contributed by atoms with Crippen molar-refractivity contribution >= 4 is 0 Å². The molecule has 1 aromatic rings. The van der Waals surface area contributed by atoms with Crippen LogP contribution in [0.4, 0.5) is 0 Å². The highest BCUT2D eigenvalue weighted by molar-refractivity contribution is 4.94. The molecule has 0 aromatic carbocycles. The summed E-state index contributed by atoms with van der Waals surface area (Å²) in [6, 6.07) is 0.160. The number of aryl methyl sites for hydroxylation is 1. The van der Waals surface area contributed by atoms with Gasteiger partial charge in [0.2, 0.25) is 5.89 Å². The molecule has 1 aromatic heterocycles. The van der Waals surface area contributed by atoms with E-state index in [2.05, 4.69) is 10.3 Å². The van der Waals surface area contributed by atoms with Gasteiger partial charge < -0.3 is 14.8 Å². The van der Waals surface area contributed by atoms with Crippen LogP contribution in [0.1, 0.15) is 43.9 Å². The monoisotopic (exact) mass is 212 g/mol. The lowest BCUT2D eigenvalue weighted by Crippen LogP contribution is -2.20. The van der Waals surface area contributed by atoms with E-state index in [1.807, 2.05) is 13.8 Å². The standard InChI is InChI=1S/C11H20N2O2/c1-9-8-13-11(15-9)10(2)12-6-4-3-5-7-14/h8,10,12,14H,3-7H2,1-2H3. The van der Waals surface area contributed by atoms with Gasteiger partial charge in [0.25, 0.3) is 0 Å². The van der Waals surface area contributed by atoms with E-state index in [4.69, 9.17) is 9.52 Å². The number of aliphatic hydroxyl groups excluding tert-OH is 1. The molecule has 15 heavy (non-hydrogen) atoms. The van der Waals surface area contributed by atoms with Crippen molar-refractivity contribution in [2.45, 2.75) is 39.2 Å². The van der Waals surface area contributed by atoms with E-state index in [1.165, 1.54) is 0 Å². The summed E-state index contributed by atoms with van der Waals surface area (Å²) < 4.78 is 5.41. The van der Waals surface area contributed by atoms with Crippen LogP contribution in [-0.2, 0) is 0 Å². The van der Waals surface area contributed by atoms with Crippen LogP contribution in [0, 0.1) is 6.92 Å². The normalized spacial score (nSPS) is 13.0. The van der Waals surface area contributed by atoms with Gasteiger partial charge in [0.15, 0.2) is 0 Å². The molecule has 0 bridgehead atoms. The second kappa shape index (κ2) is 6.58. The van der Waals surface area contributed by atoms with E-state index in [9.17, 15) is 0 Å². The zero-order valence-corrected chi connectivity index (χ0v) is 9.49. The van der Waals surface area contributed by atoms with Gasteiger partial charge in [-0.2, -0.15) is 0 Å². The summed E-state index contributed by atoms with van der Waals surface area (Å²) >= 11 is 0. The third-order valence-corrected chi connectivity index (χ3v) is 2.29. The predicted octanol–water partition coefficient (Wildman–Crippen LogP) is 1.80. The van der Waals surface area contributed by atoms with E-state index in [1.54, 1.807) is 6.20 Å². The Bertz CT molecular complexity index is 273. The molecule has 4 nitrogen and oxygen atoms in total. The minimum atomic E-state index is 0.160. The molecular formula is C11H20N2O2. The number of nitrogens with one attached hydrogen (secondary N) is 1. The smallest absolute Gasteiger partial charge is 0.211 e. The first kappa shape index (κ1) is 12.2. The van der Waals surface area contributed by atoms with E-state index in [0.717, 1.165) is 37.5 Å². The molecule has 0 amide bonds. The lowest BCUT2D eigenvalue weighted by Gasteiger charge is -2.09. The number of unbranched alkanes of at least 4 members (excludes halogenated alkanes) is 2. The molecule has 0 aliphatic rings. The SMILES string of the molecule is Cc1cnc(C(C)NCCCCCO)o1. The summed E-state index contributed by atoms with van der Waals surface area (Å²) in [6.45, 7) is 5.15. The number of hydrogen-bond acceptors (Lipinski definition) is 4. The van der Waals surface area contributed by atoms with E-state index >= 15 is 0 Å². The van der Waals surface area contributed by atoms with Crippen LogP contribution in [0.15, 0.2) is 10.6 Å². The van der Waals surface area contributed by atoms with Gasteiger partial charge in [-0.15, -0.1) is 0 Å². The molecule has 0 radical (unpaired) electrons. The van der Waals surface area contributed by atoms with Crippen LogP contribution in [0.3, 0.4) is 0 Å². The van der Waals surface area contributed by atoms with Gasteiger partial charge in [0.05, 0.1) is 12.2 Å². The predicted molar refractivity (Wildman–Crippen MR) is 58.6 cm³/mol. The van der Waals surface area contributed by atoms with E-state index in [0.29, 0.717) is 0 Å². The molecule has 1 rings (SSSR count). The third kappa shape index (κ3) is 4.44. The van der Waals surface area contributed by atoms with Crippen molar-refractivity contribution in [2.24, 2.45) is 0 Å². The van der Waals surface area contributed by atoms with Crippen molar-refractivity contribution in [3.63, 3.8) is 0 Å². The molecule has 1 unspecified atom stereocenters. The molecule has 1 heterocycles. The summed E-state index contributed by atoms with van der Waals surface area (Å²) in [5, 5.41) is 11.9. The van der Waals surface area contributed by atoms with E-state index in [-0.39, 0.29) is 12.6 Å². The van der Waals surface area contributed by atoms with Crippen molar-refractivity contribution < 1.29 is 9.52 Å². The average molecular weight is 212 g/mol. The zero-order valence-electron chi connectivity index (χ0n) is 9.49. The fourth-order valence-corrected chi connectivity index (χ4v) is 1.39. The van der Waals surface area contributed by atoms with Crippen molar-refractivity contribution in [1.29, 1.82) is 0 Å². The fraction of sp³-hybridized carbons (Fsp3) is 0.727. The molecule has 2 N–H and O–H groups in total. The quantitative estimate of drug-likeness (QED) is 0.677. The molecule has 0 aliphatic heterocycles. The van der Waals surface area contributed by atoms with Gasteiger partial charge in [-0.25, -0.2) is 4.98 Å². The van der Waals surface area contributed by atoms with Gasteiger partial charge in [-0.05, 0) is 39.7 Å². The van der Waals surface area contributed by atoms with Gasteiger partial charge in [-0.1, -0.05) is 0 Å². The van der Waals surface area contributed by atoms with Crippen LogP contribution in [0.25, 0.3) is 0 Å². The molecule has 0 aliphatic carbocycles. The number of aliphatic hydroxyl groups is 1. The van der Waals surface area contributed by atoms with Crippen LogP contribution >= 0.6 is 0 Å². The summed E-state index contributed by atoms with van der Waals surface area (Å²) in [7, 11) is 0. The molecule has 1 atom stereocenters. The molecule has 0 saturated carbocycles. The Labute approximate surface area is 90.7 Å². The maximum atomic E-state index is 8.61. The summed E-state index contributed by atoms with van der Waals surface area (Å²) in [5.74, 6) is 1.59. The Morgan fingerprint density at radius 2 is 2.27 bits per heavy atom. The van der Waals surface area contributed by atoms with Crippen LogP contribution < -0.4 is 5.32 Å². The Morgan fingerprint density at radius 1 is 1.47 bits per heavy atom. The average Bonchev–Trinajstić information content (AvgIpc) is 2.64. The van der Waals surface area contributed by atoms with Gasteiger partial charge in [0, 0.05) is 6.61 Å². The number of aromatic nitrogens is 1. The number of hydrogen-bond donors (Lipinski definition) is 2. The summed E-state index contributed by atoms with van der Waals surface area (Å²) in [4.78, 5) is 4.16. The summed E-state index contributed by atoms with van der Waals surface area (Å²) in [6.07, 6.45) is 4.75.